The zero-order valence-corrected chi connectivity index (χ0v) is 22.7. The first-order valence-corrected chi connectivity index (χ1v) is 13.5. The van der Waals surface area contributed by atoms with Crippen LogP contribution < -0.4 is 4.90 Å². The Bertz CT molecular complexity index is 1130. The summed E-state index contributed by atoms with van der Waals surface area (Å²) in [5.74, 6) is -0.0314. The average molecular weight is 619 g/mol. The van der Waals surface area contributed by atoms with E-state index < -0.39 is 36.3 Å². The van der Waals surface area contributed by atoms with Crippen molar-refractivity contribution in [2.24, 2.45) is 0 Å². The number of carbonyl (C=O) groups excluding carboxylic acids is 2. The van der Waals surface area contributed by atoms with Crippen LogP contribution in [0.4, 0.5) is 50.0 Å². The van der Waals surface area contributed by atoms with E-state index in [1.54, 1.807) is 4.90 Å². The number of hydrogen-bond donors (Lipinski definition) is 0. The Balaban J connectivity index is 1.44. The Kier molecular flexibility index (Phi) is 8.87. The van der Waals surface area contributed by atoms with E-state index in [0.717, 1.165) is 29.9 Å². The minimum Gasteiger partial charge on any atom is -0.426 e. The molecule has 0 unspecified atom stereocenters. The van der Waals surface area contributed by atoms with Crippen molar-refractivity contribution in [2.75, 3.05) is 50.7 Å². The summed E-state index contributed by atoms with van der Waals surface area (Å²) in [6.45, 7) is 2.80. The lowest BCUT2D eigenvalue weighted by molar-refractivity contribution is -0.308. The van der Waals surface area contributed by atoms with Crippen molar-refractivity contribution in [2.45, 2.75) is 69.3 Å². The first-order valence-electron chi connectivity index (χ1n) is 13.5. The summed E-state index contributed by atoms with van der Waals surface area (Å²) >= 11 is 0. The monoisotopic (exact) mass is 618 g/mol. The summed E-state index contributed by atoms with van der Waals surface area (Å²) in [5, 5.41) is 0. The fourth-order valence-electron chi connectivity index (χ4n) is 6.11. The van der Waals surface area contributed by atoms with Crippen LogP contribution in [0.15, 0.2) is 18.2 Å². The molecule has 236 valence electrons. The zero-order valence-electron chi connectivity index (χ0n) is 22.7. The number of halogens is 9. The van der Waals surface area contributed by atoms with Gasteiger partial charge in [-0.15, -0.1) is 0 Å². The number of piperidine rings is 1. The van der Waals surface area contributed by atoms with Crippen LogP contribution in [0, 0.1) is 0 Å². The summed E-state index contributed by atoms with van der Waals surface area (Å²) in [4.78, 5) is 30.4. The molecule has 0 radical (unpaired) electrons. The lowest BCUT2D eigenvalue weighted by Crippen LogP contribution is -2.54. The summed E-state index contributed by atoms with van der Waals surface area (Å²) in [7, 11) is 0. The number of benzene rings is 1. The van der Waals surface area contributed by atoms with Gasteiger partial charge in [0.25, 0.3) is 6.10 Å². The number of rotatable bonds is 4. The topological polar surface area (TPSA) is 56.3 Å². The minimum atomic E-state index is -5.83. The van der Waals surface area contributed by atoms with E-state index in [0.29, 0.717) is 43.7 Å². The molecule has 0 N–H and O–H groups in total. The van der Waals surface area contributed by atoms with Gasteiger partial charge >= 0.3 is 24.6 Å². The fourth-order valence-corrected chi connectivity index (χ4v) is 6.11. The highest BCUT2D eigenvalue weighted by Crippen LogP contribution is 2.41. The number of carbonyl (C=O) groups is 2. The van der Waals surface area contributed by atoms with Crippen LogP contribution in [0.2, 0.25) is 0 Å². The smallest absolute Gasteiger partial charge is 0.426 e. The van der Waals surface area contributed by atoms with Gasteiger partial charge in [-0.05, 0) is 43.4 Å². The van der Waals surface area contributed by atoms with Gasteiger partial charge in [-0.3, -0.25) is 9.69 Å². The summed E-state index contributed by atoms with van der Waals surface area (Å²) in [6.07, 6.45) is -19.4. The first kappa shape index (κ1) is 32.0. The molecule has 3 fully saturated rings. The second-order valence-corrected chi connectivity index (χ2v) is 10.9. The lowest BCUT2D eigenvalue weighted by Gasteiger charge is -2.46. The summed E-state index contributed by atoms with van der Waals surface area (Å²) in [5.41, 5.74) is -0.220. The predicted octanol–water partition coefficient (Wildman–Crippen LogP) is 5.43. The highest BCUT2D eigenvalue weighted by atomic mass is 19.4. The third-order valence-corrected chi connectivity index (χ3v) is 8.26. The molecule has 3 heterocycles. The molecule has 0 bridgehead atoms. The molecule has 0 atom stereocenters. The Morgan fingerprint density at radius 2 is 1.45 bits per heavy atom. The molecule has 0 aromatic heterocycles. The molecule has 4 rings (SSSR count). The van der Waals surface area contributed by atoms with Gasteiger partial charge in [0.15, 0.2) is 0 Å². The molecule has 1 spiro atoms. The van der Waals surface area contributed by atoms with Gasteiger partial charge in [0, 0.05) is 70.5 Å². The SMILES string of the molecule is CC(=O)N1CCCC12CCN(c1cc(C(F)(F)F)ccc1CN1CCN(C(=O)OC(C(F)(F)F)C(F)(F)F)CC1)CC2. The van der Waals surface area contributed by atoms with Gasteiger partial charge in [0.1, 0.15) is 0 Å². The fraction of sp³-hybridized carbons (Fsp3) is 0.692. The summed E-state index contributed by atoms with van der Waals surface area (Å²) in [6, 6.07) is 3.39. The van der Waals surface area contributed by atoms with Gasteiger partial charge in [0.2, 0.25) is 5.91 Å². The Morgan fingerprint density at radius 1 is 0.857 bits per heavy atom. The van der Waals surface area contributed by atoms with E-state index in [1.165, 1.54) is 13.0 Å². The van der Waals surface area contributed by atoms with Gasteiger partial charge in [-0.1, -0.05) is 6.07 Å². The minimum absolute atomic E-state index is 0.0314. The first-order chi connectivity index (χ1) is 19.4. The molecule has 3 saturated heterocycles. The Hall–Kier alpha value is -2.91. The molecule has 3 aliphatic heterocycles. The number of anilines is 1. The third kappa shape index (κ3) is 7.00. The van der Waals surface area contributed by atoms with Crippen LogP contribution in [0.25, 0.3) is 0 Å². The standard InChI is InChI=1S/C26H31F9N4O3/c1-17(40)39-8-2-5-23(39)6-9-37(10-7-23)20-15-19(24(27,28)29)4-3-18(20)16-36-11-13-38(14-12-36)22(41)42-21(25(30,31)32)26(33,34)35/h3-4,15,21H,2,5-14,16H2,1H3. The van der Waals surface area contributed by atoms with E-state index in [2.05, 4.69) is 4.74 Å². The van der Waals surface area contributed by atoms with Crippen molar-refractivity contribution in [3.63, 3.8) is 0 Å². The Morgan fingerprint density at radius 3 is 1.98 bits per heavy atom. The number of amides is 2. The molecule has 3 aliphatic rings. The number of likely N-dealkylation sites (tertiary alicyclic amines) is 1. The maximum atomic E-state index is 13.6. The van der Waals surface area contributed by atoms with E-state index in [-0.39, 0.29) is 44.2 Å². The molecule has 42 heavy (non-hydrogen) atoms. The van der Waals surface area contributed by atoms with Gasteiger partial charge < -0.3 is 19.4 Å². The van der Waals surface area contributed by atoms with Crippen LogP contribution in [-0.2, 0) is 22.3 Å². The van der Waals surface area contributed by atoms with Crippen LogP contribution >= 0.6 is 0 Å². The van der Waals surface area contributed by atoms with Crippen molar-refractivity contribution in [3.05, 3.63) is 29.3 Å². The Labute approximate surface area is 236 Å². The number of nitrogens with zero attached hydrogens (tertiary/aromatic N) is 4. The predicted molar refractivity (Wildman–Crippen MR) is 131 cm³/mol. The molecule has 0 saturated carbocycles. The molecule has 7 nitrogen and oxygen atoms in total. The van der Waals surface area contributed by atoms with Gasteiger partial charge in [0.05, 0.1) is 5.56 Å². The van der Waals surface area contributed by atoms with E-state index in [1.807, 2.05) is 9.80 Å². The van der Waals surface area contributed by atoms with Crippen molar-refractivity contribution in [3.8, 4) is 0 Å². The normalized spacial score (nSPS) is 20.5. The van der Waals surface area contributed by atoms with Crippen molar-refractivity contribution < 1.29 is 53.8 Å². The van der Waals surface area contributed by atoms with Gasteiger partial charge in [-0.2, -0.15) is 39.5 Å². The molecule has 1 aromatic carbocycles. The van der Waals surface area contributed by atoms with Crippen molar-refractivity contribution in [1.82, 2.24) is 14.7 Å². The maximum absolute atomic E-state index is 13.6. The second kappa shape index (κ2) is 11.6. The van der Waals surface area contributed by atoms with Crippen molar-refractivity contribution >= 4 is 17.7 Å². The quantitative estimate of drug-likeness (QED) is 0.422. The van der Waals surface area contributed by atoms with Crippen molar-refractivity contribution in [1.29, 1.82) is 0 Å². The molecule has 1 aromatic rings. The van der Waals surface area contributed by atoms with Gasteiger partial charge in [-0.25, -0.2) is 4.79 Å². The number of alkyl halides is 9. The number of piperazine rings is 1. The van der Waals surface area contributed by atoms with E-state index >= 15 is 0 Å². The molecule has 16 heteroatoms. The molecule has 0 aliphatic carbocycles. The lowest BCUT2D eigenvalue weighted by atomic mass is 9.84. The van der Waals surface area contributed by atoms with E-state index in [4.69, 9.17) is 0 Å². The second-order valence-electron chi connectivity index (χ2n) is 10.9. The molecular weight excluding hydrogens is 587 g/mol. The summed E-state index contributed by atoms with van der Waals surface area (Å²) < 4.78 is 121. The van der Waals surface area contributed by atoms with Crippen LogP contribution in [0.5, 0.6) is 0 Å². The van der Waals surface area contributed by atoms with E-state index in [9.17, 15) is 49.1 Å². The number of ether oxygens (including phenoxy) is 1. The zero-order chi connectivity index (χ0) is 31.1. The third-order valence-electron chi connectivity index (χ3n) is 8.26. The largest absolute Gasteiger partial charge is 0.434 e. The molecular formula is C26H31F9N4O3. The molecule has 2 amide bonds. The van der Waals surface area contributed by atoms with Crippen LogP contribution in [0.3, 0.4) is 0 Å². The van der Waals surface area contributed by atoms with Crippen LogP contribution in [-0.4, -0.2) is 96.5 Å². The highest BCUT2D eigenvalue weighted by molar-refractivity contribution is 5.74. The number of hydrogen-bond acceptors (Lipinski definition) is 5. The maximum Gasteiger partial charge on any atom is 0.434 e. The average Bonchev–Trinajstić information content (AvgIpc) is 3.29. The highest BCUT2D eigenvalue weighted by Gasteiger charge is 2.60. The van der Waals surface area contributed by atoms with Crippen LogP contribution in [0.1, 0.15) is 43.7 Å².